The second-order valence-corrected chi connectivity index (χ2v) is 10.3. The number of rotatable bonds is 8. The SMILES string of the molecule is CC(C)CN1CCOC(CNC(=O)CN2CCC(N(C)S(C)(=O)=O)CC2)C1. The summed E-state index contributed by atoms with van der Waals surface area (Å²) < 4.78 is 30.5. The first kappa shape index (κ1) is 22.5. The molecule has 1 unspecified atom stereocenters. The number of carbonyl (C=O) groups is 1. The van der Waals surface area contributed by atoms with Crippen LogP contribution in [0.2, 0.25) is 0 Å². The van der Waals surface area contributed by atoms with Gasteiger partial charge in [-0.25, -0.2) is 12.7 Å². The third-order valence-electron chi connectivity index (χ3n) is 5.33. The molecule has 1 N–H and O–H groups in total. The first-order valence-corrected chi connectivity index (χ1v) is 11.8. The second kappa shape index (κ2) is 10.2. The van der Waals surface area contributed by atoms with Gasteiger partial charge in [-0.1, -0.05) is 13.8 Å². The molecule has 2 aliphatic rings. The van der Waals surface area contributed by atoms with E-state index in [1.54, 1.807) is 7.05 Å². The molecule has 0 saturated carbocycles. The minimum Gasteiger partial charge on any atom is -0.374 e. The Morgan fingerprint density at radius 1 is 1.22 bits per heavy atom. The summed E-state index contributed by atoms with van der Waals surface area (Å²) in [4.78, 5) is 16.7. The highest BCUT2D eigenvalue weighted by Crippen LogP contribution is 2.17. The van der Waals surface area contributed by atoms with Gasteiger partial charge in [-0.3, -0.25) is 14.6 Å². The Bertz CT molecular complexity index is 576. The summed E-state index contributed by atoms with van der Waals surface area (Å²) in [6, 6.07) is 0.0295. The van der Waals surface area contributed by atoms with Crippen LogP contribution in [-0.4, -0.2) is 106 Å². The highest BCUT2D eigenvalue weighted by atomic mass is 32.2. The maximum Gasteiger partial charge on any atom is 0.234 e. The summed E-state index contributed by atoms with van der Waals surface area (Å²) >= 11 is 0. The van der Waals surface area contributed by atoms with Crippen molar-refractivity contribution in [3.8, 4) is 0 Å². The number of hydrogen-bond donors (Lipinski definition) is 1. The number of nitrogens with one attached hydrogen (secondary N) is 1. The van der Waals surface area contributed by atoms with Crippen molar-refractivity contribution in [1.29, 1.82) is 0 Å². The van der Waals surface area contributed by atoms with Gasteiger partial charge in [0, 0.05) is 52.4 Å². The maximum absolute atomic E-state index is 12.3. The average molecular weight is 405 g/mol. The third-order valence-corrected chi connectivity index (χ3v) is 6.68. The van der Waals surface area contributed by atoms with Crippen LogP contribution in [0, 0.1) is 5.92 Å². The van der Waals surface area contributed by atoms with Gasteiger partial charge in [-0.2, -0.15) is 0 Å². The van der Waals surface area contributed by atoms with Crippen LogP contribution < -0.4 is 5.32 Å². The zero-order valence-electron chi connectivity index (χ0n) is 17.2. The number of carbonyl (C=O) groups excluding carboxylic acids is 1. The Hall–Kier alpha value is -0.740. The molecule has 0 radical (unpaired) electrons. The molecule has 2 saturated heterocycles. The van der Waals surface area contributed by atoms with Gasteiger partial charge < -0.3 is 10.1 Å². The van der Waals surface area contributed by atoms with Gasteiger partial charge in [-0.15, -0.1) is 0 Å². The molecule has 0 aliphatic carbocycles. The van der Waals surface area contributed by atoms with E-state index < -0.39 is 10.0 Å². The fraction of sp³-hybridized carbons (Fsp3) is 0.944. The summed E-state index contributed by atoms with van der Waals surface area (Å²) in [5, 5.41) is 2.99. The normalized spacial score (nSPS) is 23.9. The second-order valence-electron chi connectivity index (χ2n) is 8.24. The topological polar surface area (TPSA) is 82.2 Å². The van der Waals surface area contributed by atoms with Crippen LogP contribution in [0.15, 0.2) is 0 Å². The molecule has 0 spiro atoms. The number of sulfonamides is 1. The fourth-order valence-corrected chi connectivity index (χ4v) is 4.54. The number of piperidine rings is 1. The van der Waals surface area contributed by atoms with Crippen molar-refractivity contribution in [2.24, 2.45) is 5.92 Å². The monoisotopic (exact) mass is 404 g/mol. The van der Waals surface area contributed by atoms with Crippen molar-refractivity contribution in [3.63, 3.8) is 0 Å². The Balaban J connectivity index is 1.67. The van der Waals surface area contributed by atoms with Crippen molar-refractivity contribution in [2.75, 3.05) is 65.7 Å². The van der Waals surface area contributed by atoms with E-state index in [1.807, 2.05) is 0 Å². The van der Waals surface area contributed by atoms with Crippen LogP contribution in [0.1, 0.15) is 26.7 Å². The van der Waals surface area contributed by atoms with E-state index in [0.717, 1.165) is 45.6 Å². The molecule has 9 heteroatoms. The molecule has 158 valence electrons. The number of hydrogen-bond acceptors (Lipinski definition) is 6. The molecule has 0 aromatic heterocycles. The van der Waals surface area contributed by atoms with Crippen LogP contribution in [-0.2, 0) is 19.6 Å². The molecule has 1 atom stereocenters. The van der Waals surface area contributed by atoms with Crippen molar-refractivity contribution >= 4 is 15.9 Å². The minimum atomic E-state index is -3.16. The summed E-state index contributed by atoms with van der Waals surface area (Å²) in [6.45, 7) is 10.4. The van der Waals surface area contributed by atoms with Gasteiger partial charge in [0.2, 0.25) is 15.9 Å². The minimum absolute atomic E-state index is 0.00880. The van der Waals surface area contributed by atoms with E-state index in [-0.39, 0.29) is 18.1 Å². The predicted molar refractivity (Wildman–Crippen MR) is 106 cm³/mol. The highest BCUT2D eigenvalue weighted by molar-refractivity contribution is 7.88. The molecule has 1 amide bonds. The molecular weight excluding hydrogens is 368 g/mol. The molecule has 2 aliphatic heterocycles. The first-order chi connectivity index (χ1) is 12.6. The van der Waals surface area contributed by atoms with Crippen LogP contribution in [0.25, 0.3) is 0 Å². The molecule has 0 bridgehead atoms. The van der Waals surface area contributed by atoms with Crippen molar-refractivity contribution in [2.45, 2.75) is 38.8 Å². The number of likely N-dealkylation sites (tertiary alicyclic amines) is 1. The van der Waals surface area contributed by atoms with E-state index in [2.05, 4.69) is 29.0 Å². The van der Waals surface area contributed by atoms with Crippen LogP contribution in [0.5, 0.6) is 0 Å². The van der Waals surface area contributed by atoms with Crippen LogP contribution >= 0.6 is 0 Å². The molecule has 0 aromatic carbocycles. The Labute approximate surface area is 164 Å². The van der Waals surface area contributed by atoms with E-state index in [0.29, 0.717) is 25.6 Å². The first-order valence-electron chi connectivity index (χ1n) is 9.91. The lowest BCUT2D eigenvalue weighted by Gasteiger charge is -2.35. The molecule has 0 aromatic rings. The Kier molecular flexibility index (Phi) is 8.48. The van der Waals surface area contributed by atoms with Gasteiger partial charge in [0.1, 0.15) is 0 Å². The van der Waals surface area contributed by atoms with Crippen molar-refractivity contribution < 1.29 is 17.9 Å². The molecular formula is C18H36N4O4S. The number of morpholine rings is 1. The lowest BCUT2D eigenvalue weighted by molar-refractivity contribution is -0.123. The van der Waals surface area contributed by atoms with E-state index in [9.17, 15) is 13.2 Å². The molecule has 8 nitrogen and oxygen atoms in total. The van der Waals surface area contributed by atoms with E-state index >= 15 is 0 Å². The zero-order chi connectivity index (χ0) is 20.0. The maximum atomic E-state index is 12.3. The molecule has 2 fully saturated rings. The Morgan fingerprint density at radius 3 is 2.48 bits per heavy atom. The molecule has 2 rings (SSSR count). The molecule has 27 heavy (non-hydrogen) atoms. The van der Waals surface area contributed by atoms with Gasteiger partial charge in [-0.05, 0) is 18.8 Å². The largest absolute Gasteiger partial charge is 0.374 e. The van der Waals surface area contributed by atoms with Gasteiger partial charge in [0.15, 0.2) is 0 Å². The highest BCUT2D eigenvalue weighted by Gasteiger charge is 2.28. The predicted octanol–water partition coefficient (Wildman–Crippen LogP) is -0.185. The van der Waals surface area contributed by atoms with E-state index in [1.165, 1.54) is 10.6 Å². The summed E-state index contributed by atoms with van der Waals surface area (Å²) in [7, 11) is -1.52. The standard InChI is InChI=1S/C18H36N4O4S/c1-15(2)12-22-9-10-26-17(13-22)11-19-18(23)14-21-7-5-16(6-8-21)20(3)27(4,24)25/h15-17H,5-14H2,1-4H3,(H,19,23). The summed E-state index contributed by atoms with van der Waals surface area (Å²) in [6.07, 6.45) is 2.80. The lowest BCUT2D eigenvalue weighted by atomic mass is 10.1. The van der Waals surface area contributed by atoms with Gasteiger partial charge in [0.05, 0.1) is 25.5 Å². The average Bonchev–Trinajstić information content (AvgIpc) is 2.59. The van der Waals surface area contributed by atoms with Gasteiger partial charge in [0.25, 0.3) is 0 Å². The number of ether oxygens (including phenoxy) is 1. The zero-order valence-corrected chi connectivity index (χ0v) is 18.0. The Morgan fingerprint density at radius 2 is 1.89 bits per heavy atom. The van der Waals surface area contributed by atoms with Crippen molar-refractivity contribution in [3.05, 3.63) is 0 Å². The van der Waals surface area contributed by atoms with Crippen LogP contribution in [0.4, 0.5) is 0 Å². The number of amides is 1. The summed E-state index contributed by atoms with van der Waals surface area (Å²) in [5.74, 6) is 0.637. The smallest absolute Gasteiger partial charge is 0.234 e. The number of nitrogens with zero attached hydrogens (tertiary/aromatic N) is 3. The fourth-order valence-electron chi connectivity index (χ4n) is 3.78. The molecule has 2 heterocycles. The van der Waals surface area contributed by atoms with E-state index in [4.69, 9.17) is 4.74 Å². The van der Waals surface area contributed by atoms with Crippen LogP contribution in [0.3, 0.4) is 0 Å². The summed E-state index contributed by atoms with van der Waals surface area (Å²) in [5.41, 5.74) is 0. The third kappa shape index (κ3) is 7.65. The van der Waals surface area contributed by atoms with Crippen molar-refractivity contribution in [1.82, 2.24) is 19.4 Å². The quantitative estimate of drug-likeness (QED) is 0.604. The lowest BCUT2D eigenvalue weighted by Crippen LogP contribution is -2.50. The van der Waals surface area contributed by atoms with Gasteiger partial charge >= 0.3 is 0 Å².